The van der Waals surface area contributed by atoms with Crippen LogP contribution in [-0.2, 0) is 9.68 Å². The topological polar surface area (TPSA) is 90.6 Å². The minimum Gasteiger partial charge on any atom is -0.388 e. The van der Waals surface area contributed by atoms with Crippen molar-refractivity contribution in [1.82, 2.24) is 0 Å². The lowest BCUT2D eigenvalue weighted by atomic mass is 9.54. The van der Waals surface area contributed by atoms with Gasteiger partial charge in [0.1, 0.15) is 6.10 Å². The van der Waals surface area contributed by atoms with Crippen molar-refractivity contribution < 1.29 is 20.0 Å². The lowest BCUT2D eigenvalue weighted by molar-refractivity contribution is -0.287. The number of aliphatic hydroxyl groups is 1. The fourth-order valence-electron chi connectivity index (χ4n) is 6.20. The summed E-state index contributed by atoms with van der Waals surface area (Å²) in [4.78, 5) is 16.7. The van der Waals surface area contributed by atoms with Crippen LogP contribution < -0.4 is 0 Å². The first-order valence-electron chi connectivity index (χ1n) is 9.30. The van der Waals surface area contributed by atoms with Crippen molar-refractivity contribution in [2.75, 3.05) is 0 Å². The number of fused-ring (bicyclic) bond motifs is 4. The van der Waals surface area contributed by atoms with Crippen LogP contribution in [0.2, 0.25) is 0 Å². The Morgan fingerprint density at radius 3 is 2.88 bits per heavy atom. The summed E-state index contributed by atoms with van der Waals surface area (Å²) in [6, 6.07) is 2.15. The fourth-order valence-corrected chi connectivity index (χ4v) is 6.20. The number of rotatable bonds is 2. The molecule has 5 atom stereocenters. The Balaban J connectivity index is 1.80. The Hall–Kier alpha value is -1.48. The molecule has 4 aliphatic rings. The molecule has 4 rings (SSSR count). The third kappa shape index (κ3) is 2.28. The summed E-state index contributed by atoms with van der Waals surface area (Å²) >= 11 is 0. The quantitative estimate of drug-likeness (QED) is 0.593. The largest absolute Gasteiger partial charge is 0.388 e. The molecular formula is C20H25NO4. The maximum atomic E-state index is 11.8. The second-order valence-corrected chi connectivity index (χ2v) is 8.44. The van der Waals surface area contributed by atoms with Crippen molar-refractivity contribution in [1.29, 1.82) is 5.26 Å². The van der Waals surface area contributed by atoms with Crippen LogP contribution in [0.5, 0.6) is 0 Å². The van der Waals surface area contributed by atoms with Crippen LogP contribution in [0.1, 0.15) is 58.3 Å². The minimum absolute atomic E-state index is 0.121. The molecule has 5 nitrogen and oxygen atoms in total. The molecule has 25 heavy (non-hydrogen) atoms. The molecule has 0 aliphatic heterocycles. The number of carbonyl (C=O) groups is 1. The standard InChI is InChI=1S/C20H25NO4/c1-19-11-17(25-24)18-14-5-3-13(22)10-12(14)2-4-15(18)16(19)6-7-20(19,23)8-9-21/h10,15-17,23-24H,2-8,11H2,1H3/t15-,16+,17-,19-,20-/m0/s1. The lowest BCUT2D eigenvalue weighted by Gasteiger charge is -2.53. The van der Waals surface area contributed by atoms with Crippen molar-refractivity contribution in [2.45, 2.75) is 70.0 Å². The Morgan fingerprint density at radius 1 is 1.36 bits per heavy atom. The zero-order valence-electron chi connectivity index (χ0n) is 14.6. The molecule has 0 spiro atoms. The average Bonchev–Trinajstić information content (AvgIpc) is 2.85. The zero-order chi connectivity index (χ0) is 17.8. The maximum absolute atomic E-state index is 11.8. The number of allylic oxidation sites excluding steroid dienone is 3. The second-order valence-electron chi connectivity index (χ2n) is 8.44. The molecule has 0 aromatic heterocycles. The number of nitrogens with zero attached hydrogens (tertiary/aromatic N) is 1. The molecule has 0 heterocycles. The van der Waals surface area contributed by atoms with Gasteiger partial charge in [0, 0.05) is 11.8 Å². The highest BCUT2D eigenvalue weighted by atomic mass is 17.1. The number of carbonyl (C=O) groups excluding carboxylic acids is 1. The third-order valence-electron chi connectivity index (χ3n) is 7.51. The van der Waals surface area contributed by atoms with Gasteiger partial charge in [0.15, 0.2) is 5.78 Å². The summed E-state index contributed by atoms with van der Waals surface area (Å²) < 4.78 is 0. The van der Waals surface area contributed by atoms with Crippen LogP contribution in [0.15, 0.2) is 22.8 Å². The molecule has 134 valence electrons. The highest BCUT2D eigenvalue weighted by Crippen LogP contribution is 2.64. The summed E-state index contributed by atoms with van der Waals surface area (Å²) in [5.41, 5.74) is 2.01. The van der Waals surface area contributed by atoms with E-state index < -0.39 is 17.1 Å². The van der Waals surface area contributed by atoms with Crippen LogP contribution >= 0.6 is 0 Å². The Kier molecular flexibility index (Phi) is 3.91. The molecular weight excluding hydrogens is 318 g/mol. The smallest absolute Gasteiger partial charge is 0.156 e. The summed E-state index contributed by atoms with van der Waals surface area (Å²) in [5, 5.41) is 30.0. The molecule has 2 fully saturated rings. The molecule has 0 amide bonds. The van der Waals surface area contributed by atoms with Crippen LogP contribution in [0.3, 0.4) is 0 Å². The summed E-state index contributed by atoms with van der Waals surface area (Å²) in [7, 11) is 0. The van der Waals surface area contributed by atoms with Gasteiger partial charge in [-0.2, -0.15) is 5.26 Å². The predicted octanol–water partition coefficient (Wildman–Crippen LogP) is 3.31. The number of hydrogen-bond donors (Lipinski definition) is 2. The van der Waals surface area contributed by atoms with Crippen molar-refractivity contribution in [3.63, 3.8) is 0 Å². The van der Waals surface area contributed by atoms with Crippen LogP contribution in [0, 0.1) is 28.6 Å². The molecule has 4 aliphatic carbocycles. The monoisotopic (exact) mass is 343 g/mol. The molecule has 0 aromatic rings. The molecule has 0 aromatic carbocycles. The van der Waals surface area contributed by atoms with Crippen LogP contribution in [0.4, 0.5) is 0 Å². The van der Waals surface area contributed by atoms with Gasteiger partial charge in [-0.25, -0.2) is 4.89 Å². The van der Waals surface area contributed by atoms with E-state index in [1.165, 1.54) is 5.57 Å². The van der Waals surface area contributed by atoms with E-state index in [2.05, 4.69) is 13.0 Å². The van der Waals surface area contributed by atoms with E-state index in [4.69, 9.17) is 4.89 Å². The number of hydrogen-bond acceptors (Lipinski definition) is 5. The van der Waals surface area contributed by atoms with Gasteiger partial charge < -0.3 is 5.11 Å². The van der Waals surface area contributed by atoms with E-state index in [1.807, 2.05) is 0 Å². The Morgan fingerprint density at radius 2 is 2.16 bits per heavy atom. The zero-order valence-corrected chi connectivity index (χ0v) is 14.6. The van der Waals surface area contributed by atoms with Crippen molar-refractivity contribution in [3.8, 4) is 6.07 Å². The van der Waals surface area contributed by atoms with Gasteiger partial charge in [-0.3, -0.25) is 10.1 Å². The second kappa shape index (κ2) is 5.77. The first-order chi connectivity index (χ1) is 11.9. The molecule has 0 bridgehead atoms. The van der Waals surface area contributed by atoms with E-state index in [1.54, 1.807) is 6.08 Å². The third-order valence-corrected chi connectivity index (χ3v) is 7.51. The fraction of sp³-hybridized carbons (Fsp3) is 0.700. The van der Waals surface area contributed by atoms with E-state index >= 15 is 0 Å². The molecule has 5 heteroatoms. The molecule has 0 saturated heterocycles. The first-order valence-corrected chi connectivity index (χ1v) is 9.30. The maximum Gasteiger partial charge on any atom is 0.156 e. The average molecular weight is 343 g/mol. The van der Waals surface area contributed by atoms with Crippen LogP contribution in [-0.4, -0.2) is 27.9 Å². The van der Waals surface area contributed by atoms with E-state index in [-0.39, 0.29) is 18.1 Å². The normalized spacial score (nSPS) is 43.0. The highest BCUT2D eigenvalue weighted by Gasteiger charge is 2.63. The van der Waals surface area contributed by atoms with E-state index in [9.17, 15) is 20.4 Å². The van der Waals surface area contributed by atoms with E-state index in [0.717, 1.165) is 36.8 Å². The minimum atomic E-state index is -1.02. The molecule has 2 N–H and O–H groups in total. The highest BCUT2D eigenvalue weighted by molar-refractivity contribution is 5.93. The predicted molar refractivity (Wildman–Crippen MR) is 90.2 cm³/mol. The Bertz CT molecular complexity index is 718. The number of ketones is 1. The van der Waals surface area contributed by atoms with Gasteiger partial charge in [-0.15, -0.1) is 0 Å². The van der Waals surface area contributed by atoms with Crippen LogP contribution in [0.25, 0.3) is 0 Å². The number of nitriles is 1. The SMILES string of the molecule is C[C@]12C[C@H](OO)C3=C4CCC(=O)C=C4CC[C@H]3[C@H]1CC[C@]2(O)CC#N. The summed E-state index contributed by atoms with van der Waals surface area (Å²) in [5.74, 6) is 0.729. The van der Waals surface area contributed by atoms with Crippen molar-refractivity contribution in [2.24, 2.45) is 17.3 Å². The Labute approximate surface area is 147 Å². The molecule has 0 unspecified atom stereocenters. The van der Waals surface area contributed by atoms with Gasteiger partial charge >= 0.3 is 0 Å². The van der Waals surface area contributed by atoms with Crippen molar-refractivity contribution >= 4 is 5.78 Å². The van der Waals surface area contributed by atoms with E-state index in [0.29, 0.717) is 25.2 Å². The van der Waals surface area contributed by atoms with Crippen molar-refractivity contribution in [3.05, 3.63) is 22.8 Å². The van der Waals surface area contributed by atoms with Gasteiger partial charge in [-0.1, -0.05) is 6.92 Å². The molecule has 2 saturated carbocycles. The first kappa shape index (κ1) is 17.0. The molecule has 0 radical (unpaired) electrons. The van der Waals surface area contributed by atoms with Gasteiger partial charge in [0.05, 0.1) is 18.1 Å². The lowest BCUT2D eigenvalue weighted by Crippen LogP contribution is -2.53. The summed E-state index contributed by atoms with van der Waals surface area (Å²) in [6.07, 6.45) is 6.51. The van der Waals surface area contributed by atoms with Gasteiger partial charge in [-0.05, 0) is 73.2 Å². The summed E-state index contributed by atoms with van der Waals surface area (Å²) in [6.45, 7) is 2.06. The van der Waals surface area contributed by atoms with Gasteiger partial charge in [0.2, 0.25) is 0 Å². The van der Waals surface area contributed by atoms with Gasteiger partial charge in [0.25, 0.3) is 0 Å².